The highest BCUT2D eigenvalue weighted by atomic mass is 16.2. The highest BCUT2D eigenvalue weighted by molar-refractivity contribution is 5.82. The fourth-order valence-corrected chi connectivity index (χ4v) is 4.43. The summed E-state index contributed by atoms with van der Waals surface area (Å²) in [7, 11) is 0. The Morgan fingerprint density at radius 1 is 0.964 bits per heavy atom. The third-order valence-electron chi connectivity index (χ3n) is 6.49. The molecule has 0 bridgehead atoms. The first-order valence-electron chi connectivity index (χ1n) is 10.4. The molecule has 1 saturated carbocycles. The van der Waals surface area contributed by atoms with Gasteiger partial charge in [0.2, 0.25) is 5.91 Å². The molecule has 6 nitrogen and oxygen atoms in total. The average molecular weight is 377 g/mol. The molecule has 2 aliphatic heterocycles. The third kappa shape index (κ3) is 3.37. The lowest BCUT2D eigenvalue weighted by atomic mass is 9.91. The van der Waals surface area contributed by atoms with Gasteiger partial charge in [0, 0.05) is 56.9 Å². The van der Waals surface area contributed by atoms with E-state index in [2.05, 4.69) is 36.8 Å². The predicted octanol–water partition coefficient (Wildman–Crippen LogP) is 2.28. The van der Waals surface area contributed by atoms with Gasteiger partial charge in [-0.2, -0.15) is 0 Å². The predicted molar refractivity (Wildman–Crippen MR) is 109 cm³/mol. The van der Waals surface area contributed by atoms with E-state index in [4.69, 9.17) is 0 Å². The van der Waals surface area contributed by atoms with Crippen LogP contribution in [-0.2, 0) is 4.79 Å². The molecule has 1 aromatic carbocycles. The summed E-state index contributed by atoms with van der Waals surface area (Å²) in [5.74, 6) is 1.33. The number of amides is 1. The van der Waals surface area contributed by atoms with E-state index in [-0.39, 0.29) is 5.92 Å². The number of aromatic nitrogens is 2. The Morgan fingerprint density at radius 3 is 2.39 bits per heavy atom. The minimum Gasteiger partial charge on any atom is -0.355 e. The van der Waals surface area contributed by atoms with Crippen LogP contribution in [0.3, 0.4) is 0 Å². The van der Waals surface area contributed by atoms with E-state index in [1.165, 1.54) is 19.3 Å². The van der Waals surface area contributed by atoms with Crippen LogP contribution in [0.25, 0.3) is 11.3 Å². The van der Waals surface area contributed by atoms with Crippen LogP contribution in [-0.4, -0.2) is 71.0 Å². The van der Waals surface area contributed by atoms with E-state index < -0.39 is 0 Å². The van der Waals surface area contributed by atoms with E-state index in [1.54, 1.807) is 6.33 Å². The summed E-state index contributed by atoms with van der Waals surface area (Å²) < 4.78 is 0. The molecule has 1 aliphatic carbocycles. The van der Waals surface area contributed by atoms with Gasteiger partial charge in [0.25, 0.3) is 0 Å². The van der Waals surface area contributed by atoms with Crippen molar-refractivity contribution in [2.45, 2.75) is 25.3 Å². The van der Waals surface area contributed by atoms with Gasteiger partial charge in [-0.15, -0.1) is 0 Å². The number of benzene rings is 1. The van der Waals surface area contributed by atoms with Crippen molar-refractivity contribution < 1.29 is 4.79 Å². The molecule has 3 aliphatic rings. The Kier molecular flexibility index (Phi) is 4.72. The van der Waals surface area contributed by atoms with Gasteiger partial charge >= 0.3 is 0 Å². The zero-order valence-corrected chi connectivity index (χ0v) is 16.2. The number of hydrogen-bond acceptors (Lipinski definition) is 5. The van der Waals surface area contributed by atoms with Crippen molar-refractivity contribution in [2.24, 2.45) is 5.92 Å². The molecule has 0 N–H and O–H groups in total. The Bertz CT molecular complexity index is 824. The summed E-state index contributed by atoms with van der Waals surface area (Å²) in [4.78, 5) is 28.5. The average Bonchev–Trinajstić information content (AvgIpc) is 2.67. The van der Waals surface area contributed by atoms with Crippen molar-refractivity contribution in [1.29, 1.82) is 0 Å². The van der Waals surface area contributed by atoms with Crippen molar-refractivity contribution in [2.75, 3.05) is 44.2 Å². The number of rotatable bonds is 4. The van der Waals surface area contributed by atoms with Crippen LogP contribution in [0.1, 0.15) is 19.3 Å². The van der Waals surface area contributed by atoms with Crippen molar-refractivity contribution in [3.8, 4) is 11.3 Å². The van der Waals surface area contributed by atoms with Crippen LogP contribution in [0.15, 0.2) is 42.7 Å². The van der Waals surface area contributed by atoms with Gasteiger partial charge in [-0.1, -0.05) is 36.8 Å². The lowest BCUT2D eigenvalue weighted by Gasteiger charge is -2.46. The monoisotopic (exact) mass is 377 g/mol. The van der Waals surface area contributed by atoms with E-state index in [0.29, 0.717) is 5.91 Å². The molecule has 2 saturated heterocycles. The first-order chi connectivity index (χ1) is 13.8. The second kappa shape index (κ2) is 7.51. The smallest absolute Gasteiger partial charge is 0.229 e. The maximum Gasteiger partial charge on any atom is 0.229 e. The summed E-state index contributed by atoms with van der Waals surface area (Å²) in [6.45, 7) is 5.37. The number of hydrogen-bond donors (Lipinski definition) is 0. The maximum atomic E-state index is 12.9. The van der Waals surface area contributed by atoms with E-state index in [1.807, 2.05) is 24.3 Å². The Balaban J connectivity index is 1.16. The van der Waals surface area contributed by atoms with Gasteiger partial charge in [0.1, 0.15) is 12.1 Å². The van der Waals surface area contributed by atoms with Crippen LogP contribution < -0.4 is 4.90 Å². The molecule has 1 amide bonds. The Hall–Kier alpha value is -2.47. The van der Waals surface area contributed by atoms with Gasteiger partial charge in [-0.3, -0.25) is 9.69 Å². The zero-order chi connectivity index (χ0) is 18.9. The van der Waals surface area contributed by atoms with Crippen LogP contribution >= 0.6 is 0 Å². The topological polar surface area (TPSA) is 52.6 Å². The van der Waals surface area contributed by atoms with Crippen molar-refractivity contribution in [3.63, 3.8) is 0 Å². The number of anilines is 1. The molecule has 6 heteroatoms. The van der Waals surface area contributed by atoms with Crippen LogP contribution in [0.2, 0.25) is 0 Å². The van der Waals surface area contributed by atoms with Crippen molar-refractivity contribution >= 4 is 11.7 Å². The van der Waals surface area contributed by atoms with Gasteiger partial charge < -0.3 is 9.80 Å². The number of carbonyl (C=O) groups excluding carboxylic acids is 1. The molecular weight excluding hydrogens is 350 g/mol. The van der Waals surface area contributed by atoms with Crippen molar-refractivity contribution in [1.82, 2.24) is 19.8 Å². The minimum absolute atomic E-state index is 0.102. The molecule has 146 valence electrons. The third-order valence-corrected chi connectivity index (χ3v) is 6.49. The second-order valence-corrected chi connectivity index (χ2v) is 8.18. The highest BCUT2D eigenvalue weighted by Gasteiger charge is 2.38. The largest absolute Gasteiger partial charge is 0.355 e. The number of carbonyl (C=O) groups is 1. The number of nitrogens with zero attached hydrogens (tertiary/aromatic N) is 5. The molecule has 3 heterocycles. The molecule has 3 fully saturated rings. The summed E-state index contributed by atoms with van der Waals surface area (Å²) in [6, 6.07) is 12.9. The fourth-order valence-electron chi connectivity index (χ4n) is 4.43. The molecule has 1 aromatic heterocycles. The molecule has 0 radical (unpaired) electrons. The fraction of sp³-hybridized carbons (Fsp3) is 0.500. The Morgan fingerprint density at radius 2 is 1.71 bits per heavy atom. The van der Waals surface area contributed by atoms with Crippen LogP contribution in [0.4, 0.5) is 5.82 Å². The molecule has 28 heavy (non-hydrogen) atoms. The molecule has 0 unspecified atom stereocenters. The second-order valence-electron chi connectivity index (χ2n) is 8.18. The summed E-state index contributed by atoms with van der Waals surface area (Å²) in [5, 5.41) is 0. The summed E-state index contributed by atoms with van der Waals surface area (Å²) >= 11 is 0. The van der Waals surface area contributed by atoms with Gasteiger partial charge in [-0.05, 0) is 12.8 Å². The molecule has 2 aromatic rings. The minimum atomic E-state index is 0.102. The van der Waals surface area contributed by atoms with Crippen LogP contribution in [0.5, 0.6) is 0 Å². The van der Waals surface area contributed by atoms with E-state index >= 15 is 0 Å². The standard InChI is InChI=1S/C22H27N5O/c28-22(26-11-9-25(10-12-26)19-7-4-8-19)18-14-27(15-18)21-13-20(23-16-24-21)17-5-2-1-3-6-17/h1-3,5-6,13,16,18-19H,4,7-12,14-15H2. The van der Waals surface area contributed by atoms with Gasteiger partial charge in [0.05, 0.1) is 11.6 Å². The molecule has 5 rings (SSSR count). The lowest BCUT2D eigenvalue weighted by Crippen LogP contribution is -2.59. The maximum absolute atomic E-state index is 12.9. The highest BCUT2D eigenvalue weighted by Crippen LogP contribution is 2.29. The first kappa shape index (κ1) is 17.6. The molecule has 0 spiro atoms. The Labute approximate surface area is 166 Å². The number of piperazine rings is 1. The zero-order valence-electron chi connectivity index (χ0n) is 16.2. The van der Waals surface area contributed by atoms with Gasteiger partial charge in [-0.25, -0.2) is 9.97 Å². The van der Waals surface area contributed by atoms with E-state index in [9.17, 15) is 4.79 Å². The summed E-state index contributed by atoms with van der Waals surface area (Å²) in [5.41, 5.74) is 2.01. The van der Waals surface area contributed by atoms with Crippen LogP contribution in [0, 0.1) is 5.92 Å². The molecule has 0 atom stereocenters. The summed E-state index contributed by atoms with van der Waals surface area (Å²) in [6.07, 6.45) is 5.67. The van der Waals surface area contributed by atoms with Crippen molar-refractivity contribution in [3.05, 3.63) is 42.7 Å². The lowest BCUT2D eigenvalue weighted by molar-refractivity contribution is -0.138. The van der Waals surface area contributed by atoms with Gasteiger partial charge in [0.15, 0.2) is 0 Å². The molecular formula is C22H27N5O. The quantitative estimate of drug-likeness (QED) is 0.818. The van der Waals surface area contributed by atoms with E-state index in [0.717, 1.165) is 62.4 Å². The first-order valence-corrected chi connectivity index (χ1v) is 10.4. The SMILES string of the molecule is O=C(C1CN(c2cc(-c3ccccc3)ncn2)C1)N1CCN(C2CCC2)CC1. The normalized spacial score (nSPS) is 21.3.